The van der Waals surface area contributed by atoms with Crippen molar-refractivity contribution in [1.82, 2.24) is 30.0 Å². The van der Waals surface area contributed by atoms with Gasteiger partial charge in [-0.2, -0.15) is 0 Å². The standard InChI is InChI=1S/C26H25N7O4/c1-2-36-26(35)33-14-12-32(13-15-33)25(34)19-10-8-17(9-11-19)20-16-28-22(27)21(29-20)24-31-30-23(37-24)18-6-4-3-5-7-18/h3-11,16H,2,12-15H2,1H3,(H2,27,28). The highest BCUT2D eigenvalue weighted by Crippen LogP contribution is 2.28. The molecule has 3 heterocycles. The highest BCUT2D eigenvalue weighted by atomic mass is 16.6. The third kappa shape index (κ3) is 5.10. The lowest BCUT2D eigenvalue weighted by Gasteiger charge is -2.34. The molecule has 0 saturated carbocycles. The highest BCUT2D eigenvalue weighted by Gasteiger charge is 2.25. The van der Waals surface area contributed by atoms with Crippen molar-refractivity contribution in [3.8, 4) is 34.3 Å². The Balaban J connectivity index is 1.30. The molecule has 11 heteroatoms. The Kier molecular flexibility index (Phi) is 6.75. The monoisotopic (exact) mass is 499 g/mol. The molecule has 188 valence electrons. The number of ether oxygens (including phenoxy) is 1. The first kappa shape index (κ1) is 23.9. The average Bonchev–Trinajstić information content (AvgIpc) is 3.44. The largest absolute Gasteiger partial charge is 0.450 e. The van der Waals surface area contributed by atoms with E-state index in [1.165, 1.54) is 0 Å². The van der Waals surface area contributed by atoms with Crippen molar-refractivity contribution >= 4 is 17.8 Å². The Hall–Kier alpha value is -4.80. The van der Waals surface area contributed by atoms with Crippen LogP contribution < -0.4 is 5.73 Å². The Labute approximate surface area is 212 Å². The van der Waals surface area contributed by atoms with Crippen LogP contribution in [0.15, 0.2) is 65.2 Å². The summed E-state index contributed by atoms with van der Waals surface area (Å²) in [4.78, 5) is 37.0. The van der Waals surface area contributed by atoms with Crippen LogP contribution in [0.2, 0.25) is 0 Å². The number of nitrogens with two attached hydrogens (primary N) is 1. The zero-order valence-corrected chi connectivity index (χ0v) is 20.2. The minimum Gasteiger partial charge on any atom is -0.450 e. The van der Waals surface area contributed by atoms with Crippen LogP contribution in [0.3, 0.4) is 0 Å². The SMILES string of the molecule is CCOC(=O)N1CCN(C(=O)c2ccc(-c3cnc(N)c(-c4nnc(-c5ccccc5)o4)n3)cc2)CC1. The summed E-state index contributed by atoms with van der Waals surface area (Å²) >= 11 is 0. The molecule has 4 aromatic rings. The first-order valence-electron chi connectivity index (χ1n) is 11.9. The molecular formula is C26H25N7O4. The van der Waals surface area contributed by atoms with Gasteiger partial charge in [-0.1, -0.05) is 30.3 Å². The van der Waals surface area contributed by atoms with E-state index in [1.807, 2.05) is 30.3 Å². The third-order valence-electron chi connectivity index (χ3n) is 5.97. The Morgan fingerprint density at radius 1 is 0.919 bits per heavy atom. The van der Waals surface area contributed by atoms with E-state index in [0.717, 1.165) is 11.1 Å². The lowest BCUT2D eigenvalue weighted by atomic mass is 10.1. The second kappa shape index (κ2) is 10.4. The molecule has 1 aliphatic rings. The van der Waals surface area contributed by atoms with Crippen LogP contribution in [-0.2, 0) is 4.74 Å². The Morgan fingerprint density at radius 3 is 2.30 bits per heavy atom. The molecule has 0 unspecified atom stereocenters. The van der Waals surface area contributed by atoms with Crippen molar-refractivity contribution in [2.24, 2.45) is 0 Å². The second-order valence-corrected chi connectivity index (χ2v) is 8.32. The Bertz CT molecular complexity index is 1400. The zero-order chi connectivity index (χ0) is 25.8. The normalized spacial score (nSPS) is 13.4. The number of nitrogens with zero attached hydrogens (tertiary/aromatic N) is 6. The van der Waals surface area contributed by atoms with Crippen molar-refractivity contribution in [2.75, 3.05) is 38.5 Å². The summed E-state index contributed by atoms with van der Waals surface area (Å²) in [5.74, 6) is 0.590. The van der Waals surface area contributed by atoms with Gasteiger partial charge in [-0.25, -0.2) is 14.8 Å². The summed E-state index contributed by atoms with van der Waals surface area (Å²) in [5.41, 5.74) is 8.96. The summed E-state index contributed by atoms with van der Waals surface area (Å²) in [7, 11) is 0. The van der Waals surface area contributed by atoms with E-state index in [4.69, 9.17) is 14.9 Å². The van der Waals surface area contributed by atoms with E-state index in [9.17, 15) is 9.59 Å². The molecule has 2 N–H and O–H groups in total. The van der Waals surface area contributed by atoms with E-state index in [1.54, 1.807) is 47.2 Å². The van der Waals surface area contributed by atoms with Gasteiger partial charge in [0.1, 0.15) is 0 Å². The summed E-state index contributed by atoms with van der Waals surface area (Å²) in [6.07, 6.45) is 1.21. The van der Waals surface area contributed by atoms with Gasteiger partial charge in [0.05, 0.1) is 18.5 Å². The fourth-order valence-corrected chi connectivity index (χ4v) is 3.98. The molecule has 1 fully saturated rings. The number of rotatable bonds is 5. The molecule has 1 saturated heterocycles. The number of nitrogen functional groups attached to an aromatic ring is 1. The molecule has 37 heavy (non-hydrogen) atoms. The number of hydrogen-bond donors (Lipinski definition) is 1. The van der Waals surface area contributed by atoms with Crippen molar-refractivity contribution < 1.29 is 18.7 Å². The predicted octanol–water partition coefficient (Wildman–Crippen LogP) is 3.36. The van der Waals surface area contributed by atoms with Gasteiger partial charge in [0.25, 0.3) is 11.8 Å². The number of anilines is 1. The van der Waals surface area contributed by atoms with Gasteiger partial charge in [-0.15, -0.1) is 10.2 Å². The second-order valence-electron chi connectivity index (χ2n) is 8.32. The summed E-state index contributed by atoms with van der Waals surface area (Å²) < 4.78 is 10.8. The van der Waals surface area contributed by atoms with Gasteiger partial charge >= 0.3 is 6.09 Å². The quantitative estimate of drug-likeness (QED) is 0.437. The first-order valence-corrected chi connectivity index (χ1v) is 11.9. The molecule has 0 aliphatic carbocycles. The number of carbonyl (C=O) groups is 2. The van der Waals surface area contributed by atoms with Crippen molar-refractivity contribution in [2.45, 2.75) is 6.92 Å². The molecule has 2 amide bonds. The summed E-state index contributed by atoms with van der Waals surface area (Å²) in [6.45, 7) is 3.86. The van der Waals surface area contributed by atoms with E-state index in [-0.39, 0.29) is 29.4 Å². The fourth-order valence-electron chi connectivity index (χ4n) is 3.98. The zero-order valence-electron chi connectivity index (χ0n) is 20.2. The molecule has 0 radical (unpaired) electrons. The maximum absolute atomic E-state index is 13.0. The number of benzene rings is 2. The van der Waals surface area contributed by atoms with Crippen molar-refractivity contribution in [3.63, 3.8) is 0 Å². The smallest absolute Gasteiger partial charge is 0.409 e. The summed E-state index contributed by atoms with van der Waals surface area (Å²) in [6, 6.07) is 16.5. The van der Waals surface area contributed by atoms with Crippen LogP contribution in [0.4, 0.5) is 10.6 Å². The van der Waals surface area contributed by atoms with Crippen LogP contribution in [-0.4, -0.2) is 74.8 Å². The first-order chi connectivity index (χ1) is 18.0. The molecular weight excluding hydrogens is 474 g/mol. The van der Waals surface area contributed by atoms with E-state index in [2.05, 4.69) is 20.2 Å². The van der Waals surface area contributed by atoms with Gasteiger partial charge < -0.3 is 24.7 Å². The summed E-state index contributed by atoms with van der Waals surface area (Å²) in [5, 5.41) is 8.19. The van der Waals surface area contributed by atoms with Gasteiger partial charge in [-0.05, 0) is 31.2 Å². The minimum absolute atomic E-state index is 0.0987. The Morgan fingerprint density at radius 2 is 1.59 bits per heavy atom. The van der Waals surface area contributed by atoms with Crippen molar-refractivity contribution in [3.05, 3.63) is 66.4 Å². The van der Waals surface area contributed by atoms with E-state index >= 15 is 0 Å². The van der Waals surface area contributed by atoms with Gasteiger partial charge in [0.2, 0.25) is 5.89 Å². The minimum atomic E-state index is -0.347. The van der Waals surface area contributed by atoms with Gasteiger partial charge in [0, 0.05) is 42.9 Å². The number of piperazine rings is 1. The molecule has 1 aliphatic heterocycles. The molecule has 5 rings (SSSR count). The predicted molar refractivity (Wildman–Crippen MR) is 135 cm³/mol. The number of amides is 2. The maximum atomic E-state index is 13.0. The van der Waals surface area contributed by atoms with Crippen LogP contribution in [0.1, 0.15) is 17.3 Å². The molecule has 2 aromatic carbocycles. The van der Waals surface area contributed by atoms with Gasteiger partial charge in [-0.3, -0.25) is 4.79 Å². The third-order valence-corrected chi connectivity index (χ3v) is 5.97. The number of hydrogen-bond acceptors (Lipinski definition) is 9. The molecule has 11 nitrogen and oxygen atoms in total. The number of aromatic nitrogens is 4. The van der Waals surface area contributed by atoms with Crippen LogP contribution in [0, 0.1) is 0 Å². The van der Waals surface area contributed by atoms with Crippen molar-refractivity contribution in [1.29, 1.82) is 0 Å². The lowest BCUT2D eigenvalue weighted by Crippen LogP contribution is -2.50. The van der Waals surface area contributed by atoms with E-state index in [0.29, 0.717) is 49.9 Å². The number of carbonyl (C=O) groups excluding carboxylic acids is 2. The highest BCUT2D eigenvalue weighted by molar-refractivity contribution is 5.94. The maximum Gasteiger partial charge on any atom is 0.409 e. The topological polar surface area (TPSA) is 141 Å². The molecule has 2 aromatic heterocycles. The average molecular weight is 500 g/mol. The van der Waals surface area contributed by atoms with Crippen LogP contribution in [0.5, 0.6) is 0 Å². The van der Waals surface area contributed by atoms with Gasteiger partial charge in [0.15, 0.2) is 11.5 Å². The van der Waals surface area contributed by atoms with Crippen LogP contribution in [0.25, 0.3) is 34.3 Å². The van der Waals surface area contributed by atoms with Crippen LogP contribution >= 0.6 is 0 Å². The lowest BCUT2D eigenvalue weighted by molar-refractivity contribution is 0.0570. The van der Waals surface area contributed by atoms with E-state index < -0.39 is 0 Å². The fraction of sp³-hybridized carbons (Fsp3) is 0.231. The molecule has 0 atom stereocenters. The molecule has 0 bridgehead atoms. The molecule has 0 spiro atoms.